The lowest BCUT2D eigenvalue weighted by Crippen LogP contribution is -2.18. The maximum absolute atomic E-state index is 12.8. The van der Waals surface area contributed by atoms with Gasteiger partial charge in [-0.1, -0.05) is 0 Å². The molecule has 0 fully saturated rings. The second kappa shape index (κ2) is 4.75. The van der Waals surface area contributed by atoms with E-state index in [0.717, 1.165) is 11.3 Å². The van der Waals surface area contributed by atoms with Gasteiger partial charge in [-0.15, -0.1) is 0 Å². The fourth-order valence-electron chi connectivity index (χ4n) is 1.69. The Hall–Kier alpha value is -2.16. The Morgan fingerprint density at radius 1 is 1.20 bits per heavy atom. The van der Waals surface area contributed by atoms with Crippen molar-refractivity contribution in [1.82, 2.24) is 19.7 Å². The maximum atomic E-state index is 12.8. The van der Waals surface area contributed by atoms with Gasteiger partial charge >= 0.3 is 6.18 Å². The van der Waals surface area contributed by atoms with Gasteiger partial charge in [-0.2, -0.15) is 18.3 Å². The first kappa shape index (κ1) is 14.3. The van der Waals surface area contributed by atoms with Crippen LogP contribution in [-0.2, 0) is 6.18 Å². The van der Waals surface area contributed by atoms with E-state index in [4.69, 9.17) is 5.84 Å². The Balaban J connectivity index is 2.64. The molecule has 6 nitrogen and oxygen atoms in total. The van der Waals surface area contributed by atoms with Crippen LogP contribution in [0.1, 0.15) is 22.8 Å². The van der Waals surface area contributed by atoms with Crippen molar-refractivity contribution in [1.29, 1.82) is 0 Å². The minimum absolute atomic E-state index is 0.00831. The molecule has 0 spiro atoms. The molecule has 2 rings (SSSR count). The van der Waals surface area contributed by atoms with E-state index in [1.165, 1.54) is 10.7 Å². The van der Waals surface area contributed by atoms with Gasteiger partial charge in [-0.25, -0.2) is 20.5 Å². The summed E-state index contributed by atoms with van der Waals surface area (Å²) < 4.78 is 39.6. The number of halogens is 3. The van der Waals surface area contributed by atoms with Crippen molar-refractivity contribution in [2.24, 2.45) is 5.84 Å². The Bertz CT molecular complexity index is 646. The van der Waals surface area contributed by atoms with Crippen LogP contribution in [0.5, 0.6) is 0 Å². The molecule has 0 bridgehead atoms. The van der Waals surface area contributed by atoms with E-state index in [0.29, 0.717) is 5.69 Å². The van der Waals surface area contributed by atoms with Gasteiger partial charge < -0.3 is 5.43 Å². The number of nitrogen functional groups attached to an aromatic ring is 1. The van der Waals surface area contributed by atoms with Gasteiger partial charge in [0.15, 0.2) is 5.82 Å². The summed E-state index contributed by atoms with van der Waals surface area (Å²) in [7, 11) is 0. The molecule has 2 heterocycles. The maximum Gasteiger partial charge on any atom is 0.451 e. The van der Waals surface area contributed by atoms with Crippen molar-refractivity contribution in [3.63, 3.8) is 0 Å². The third-order valence-corrected chi connectivity index (χ3v) is 2.98. The minimum atomic E-state index is -4.66. The molecule has 0 saturated heterocycles. The average molecular weight is 286 g/mol. The van der Waals surface area contributed by atoms with Gasteiger partial charge in [0, 0.05) is 11.8 Å². The lowest BCUT2D eigenvalue weighted by atomic mass is 10.2. The zero-order valence-corrected chi connectivity index (χ0v) is 11.1. The molecule has 0 aliphatic carbocycles. The molecular formula is C11H13F3N6. The van der Waals surface area contributed by atoms with Crippen LogP contribution in [-0.4, -0.2) is 19.7 Å². The number of aryl methyl sites for hydroxylation is 1. The first-order chi connectivity index (χ1) is 9.24. The van der Waals surface area contributed by atoms with E-state index in [2.05, 4.69) is 20.5 Å². The van der Waals surface area contributed by atoms with Gasteiger partial charge in [0.05, 0.1) is 5.69 Å². The molecule has 108 valence electrons. The number of alkyl halides is 3. The van der Waals surface area contributed by atoms with Gasteiger partial charge in [-0.05, 0) is 26.3 Å². The second-order valence-electron chi connectivity index (χ2n) is 4.28. The molecule has 2 aromatic rings. The van der Waals surface area contributed by atoms with Crippen LogP contribution in [0.2, 0.25) is 0 Å². The molecule has 2 aromatic heterocycles. The molecule has 0 aliphatic rings. The van der Waals surface area contributed by atoms with Crippen molar-refractivity contribution in [2.45, 2.75) is 26.9 Å². The lowest BCUT2D eigenvalue weighted by molar-refractivity contribution is -0.144. The van der Waals surface area contributed by atoms with Crippen molar-refractivity contribution in [3.05, 3.63) is 28.8 Å². The quantitative estimate of drug-likeness (QED) is 0.651. The largest absolute Gasteiger partial charge is 0.451 e. The number of hydrazine groups is 1. The standard InChI is InChI=1S/C11H13F3N6/c1-5-6(2)19-20(7(5)3)9-4-8(18-15)16-10(17-9)11(12,13)14/h4H,15H2,1-3H3,(H,16,17,18). The van der Waals surface area contributed by atoms with Crippen LogP contribution in [0.25, 0.3) is 5.82 Å². The summed E-state index contributed by atoms with van der Waals surface area (Å²) in [6.45, 7) is 5.36. The molecule has 9 heteroatoms. The average Bonchev–Trinajstić information content (AvgIpc) is 2.65. The van der Waals surface area contributed by atoms with E-state index in [-0.39, 0.29) is 11.6 Å². The van der Waals surface area contributed by atoms with Crippen molar-refractivity contribution in [2.75, 3.05) is 5.43 Å². The number of rotatable bonds is 2. The molecule has 0 amide bonds. The topological polar surface area (TPSA) is 81.7 Å². The normalized spacial score (nSPS) is 11.8. The van der Waals surface area contributed by atoms with Crippen LogP contribution in [0, 0.1) is 20.8 Å². The molecular weight excluding hydrogens is 273 g/mol. The van der Waals surface area contributed by atoms with Gasteiger partial charge in [-0.3, -0.25) is 0 Å². The molecule has 0 aromatic carbocycles. The summed E-state index contributed by atoms with van der Waals surface area (Å²) in [5, 5.41) is 4.17. The Morgan fingerprint density at radius 3 is 2.30 bits per heavy atom. The number of aromatic nitrogens is 4. The zero-order chi connectivity index (χ0) is 15.1. The second-order valence-corrected chi connectivity index (χ2v) is 4.28. The van der Waals surface area contributed by atoms with Crippen LogP contribution in [0.4, 0.5) is 19.0 Å². The Morgan fingerprint density at radius 2 is 1.85 bits per heavy atom. The summed E-state index contributed by atoms with van der Waals surface area (Å²) in [6.07, 6.45) is -4.66. The highest BCUT2D eigenvalue weighted by atomic mass is 19.4. The highest BCUT2D eigenvalue weighted by molar-refractivity contribution is 5.42. The number of hydrogen-bond acceptors (Lipinski definition) is 5. The van der Waals surface area contributed by atoms with Crippen LogP contribution in [0.15, 0.2) is 6.07 Å². The number of hydrogen-bond donors (Lipinski definition) is 2. The summed E-state index contributed by atoms with van der Waals surface area (Å²) in [4.78, 5) is 6.80. The van der Waals surface area contributed by atoms with Crippen molar-refractivity contribution < 1.29 is 13.2 Å². The van der Waals surface area contributed by atoms with E-state index < -0.39 is 12.0 Å². The molecule has 20 heavy (non-hydrogen) atoms. The first-order valence-corrected chi connectivity index (χ1v) is 5.70. The number of nitrogens with zero attached hydrogens (tertiary/aromatic N) is 4. The van der Waals surface area contributed by atoms with Crippen molar-refractivity contribution in [3.8, 4) is 5.82 Å². The number of nitrogens with one attached hydrogen (secondary N) is 1. The van der Waals surface area contributed by atoms with Gasteiger partial charge in [0.2, 0.25) is 5.82 Å². The van der Waals surface area contributed by atoms with E-state index in [9.17, 15) is 13.2 Å². The highest BCUT2D eigenvalue weighted by Crippen LogP contribution is 2.28. The predicted molar refractivity (Wildman–Crippen MR) is 66.2 cm³/mol. The van der Waals surface area contributed by atoms with E-state index in [1.54, 1.807) is 13.8 Å². The lowest BCUT2D eigenvalue weighted by Gasteiger charge is -2.10. The van der Waals surface area contributed by atoms with Gasteiger partial charge in [0.25, 0.3) is 0 Å². The molecule has 3 N–H and O–H groups in total. The van der Waals surface area contributed by atoms with Crippen LogP contribution >= 0.6 is 0 Å². The van der Waals surface area contributed by atoms with Crippen LogP contribution < -0.4 is 11.3 Å². The summed E-state index contributed by atoms with van der Waals surface area (Å²) in [5.41, 5.74) is 4.41. The molecule has 0 unspecified atom stereocenters. The summed E-state index contributed by atoms with van der Waals surface area (Å²) >= 11 is 0. The Kier molecular flexibility index (Phi) is 3.38. The molecule has 0 saturated carbocycles. The number of anilines is 1. The van der Waals surface area contributed by atoms with Gasteiger partial charge in [0.1, 0.15) is 5.82 Å². The minimum Gasteiger partial charge on any atom is -0.308 e. The first-order valence-electron chi connectivity index (χ1n) is 5.70. The predicted octanol–water partition coefficient (Wildman–Crippen LogP) is 1.89. The molecule has 0 radical (unpaired) electrons. The monoisotopic (exact) mass is 286 g/mol. The smallest absolute Gasteiger partial charge is 0.308 e. The van der Waals surface area contributed by atoms with Crippen LogP contribution in [0.3, 0.4) is 0 Å². The SMILES string of the molecule is Cc1nn(-c2cc(NN)nc(C(F)(F)F)n2)c(C)c1C. The molecule has 0 atom stereocenters. The zero-order valence-electron chi connectivity index (χ0n) is 11.1. The van der Waals surface area contributed by atoms with E-state index in [1.807, 2.05) is 6.92 Å². The van der Waals surface area contributed by atoms with E-state index >= 15 is 0 Å². The third kappa shape index (κ3) is 2.44. The number of nitrogens with two attached hydrogens (primary N) is 1. The summed E-state index contributed by atoms with van der Waals surface area (Å²) in [5.74, 6) is 3.75. The third-order valence-electron chi connectivity index (χ3n) is 2.98. The fourth-order valence-corrected chi connectivity index (χ4v) is 1.69. The Labute approximate surface area is 112 Å². The molecule has 0 aliphatic heterocycles. The van der Waals surface area contributed by atoms with Crippen molar-refractivity contribution >= 4 is 5.82 Å². The summed E-state index contributed by atoms with van der Waals surface area (Å²) in [6, 6.07) is 1.30. The fraction of sp³-hybridized carbons (Fsp3) is 0.364. The highest BCUT2D eigenvalue weighted by Gasteiger charge is 2.35.